The summed E-state index contributed by atoms with van der Waals surface area (Å²) in [7, 11) is 0. The average Bonchev–Trinajstić information content (AvgIpc) is 2.83. The van der Waals surface area contributed by atoms with Crippen LogP contribution < -0.4 is 5.32 Å². The largest absolute Gasteiger partial charge is 0.434 e. The molecule has 0 saturated carbocycles. The summed E-state index contributed by atoms with van der Waals surface area (Å²) in [5.74, 6) is -0.309. The van der Waals surface area contributed by atoms with Crippen molar-refractivity contribution >= 4 is 17.6 Å². The Morgan fingerprint density at radius 3 is 2.94 bits per heavy atom. The smallest absolute Gasteiger partial charge is 0.382 e. The predicted octanol–water partition coefficient (Wildman–Crippen LogP) is 0.727. The molecule has 0 atom stereocenters. The highest BCUT2D eigenvalue weighted by molar-refractivity contribution is 5.87. The van der Waals surface area contributed by atoms with Crippen LogP contribution in [0.5, 0.6) is 0 Å². The second-order valence-corrected chi connectivity index (χ2v) is 3.10. The van der Waals surface area contributed by atoms with Crippen LogP contribution in [0.1, 0.15) is 6.92 Å². The third kappa shape index (κ3) is 2.27. The SMILES string of the molecule is CC(=O)Nc1cn(-c2ccc([N+](=O)[O-])o2)nn1. The highest BCUT2D eigenvalue weighted by Gasteiger charge is 2.14. The van der Waals surface area contributed by atoms with Crippen molar-refractivity contribution in [2.45, 2.75) is 6.92 Å². The summed E-state index contributed by atoms with van der Waals surface area (Å²) < 4.78 is 6.08. The topological polar surface area (TPSA) is 116 Å². The molecular formula is C8H7N5O4. The maximum Gasteiger partial charge on any atom is 0.434 e. The van der Waals surface area contributed by atoms with E-state index in [-0.39, 0.29) is 17.6 Å². The summed E-state index contributed by atoms with van der Waals surface area (Å²) in [5.41, 5.74) is 0. The van der Waals surface area contributed by atoms with E-state index in [4.69, 9.17) is 4.42 Å². The standard InChI is InChI=1S/C8H7N5O4/c1-5(14)9-6-4-12(11-10-6)7-2-3-8(17-7)13(15)16/h2-4H,1H3,(H,9,14). The molecule has 0 radical (unpaired) electrons. The molecule has 9 nitrogen and oxygen atoms in total. The highest BCUT2D eigenvalue weighted by Crippen LogP contribution is 2.18. The van der Waals surface area contributed by atoms with Gasteiger partial charge in [0, 0.05) is 13.0 Å². The van der Waals surface area contributed by atoms with E-state index >= 15 is 0 Å². The Morgan fingerprint density at radius 2 is 2.35 bits per heavy atom. The summed E-state index contributed by atoms with van der Waals surface area (Å²) in [5, 5.41) is 20.1. The van der Waals surface area contributed by atoms with Crippen LogP contribution in [-0.4, -0.2) is 25.8 Å². The summed E-state index contributed by atoms with van der Waals surface area (Å²) in [4.78, 5) is 20.5. The summed E-state index contributed by atoms with van der Waals surface area (Å²) >= 11 is 0. The molecule has 1 N–H and O–H groups in total. The Balaban J connectivity index is 2.24. The molecule has 1 amide bonds. The number of aromatic nitrogens is 3. The van der Waals surface area contributed by atoms with Gasteiger partial charge in [-0.1, -0.05) is 5.21 Å². The predicted molar refractivity (Wildman–Crippen MR) is 54.6 cm³/mol. The Kier molecular flexibility index (Phi) is 2.57. The fourth-order valence-corrected chi connectivity index (χ4v) is 1.15. The van der Waals surface area contributed by atoms with Crippen molar-refractivity contribution < 1.29 is 14.1 Å². The van der Waals surface area contributed by atoms with Crippen molar-refractivity contribution in [3.05, 3.63) is 28.4 Å². The van der Waals surface area contributed by atoms with Crippen molar-refractivity contribution in [3.63, 3.8) is 0 Å². The molecule has 0 aliphatic heterocycles. The van der Waals surface area contributed by atoms with E-state index in [2.05, 4.69) is 15.6 Å². The number of nitrogens with zero attached hydrogens (tertiary/aromatic N) is 4. The lowest BCUT2D eigenvalue weighted by molar-refractivity contribution is -0.402. The lowest BCUT2D eigenvalue weighted by Crippen LogP contribution is -2.05. The third-order valence-corrected chi connectivity index (χ3v) is 1.78. The van der Waals surface area contributed by atoms with E-state index in [0.29, 0.717) is 0 Å². The number of amides is 1. The van der Waals surface area contributed by atoms with Gasteiger partial charge in [-0.05, 0) is 0 Å². The third-order valence-electron chi connectivity index (χ3n) is 1.78. The first-order valence-corrected chi connectivity index (χ1v) is 4.51. The molecule has 0 bridgehead atoms. The molecule has 9 heteroatoms. The van der Waals surface area contributed by atoms with Gasteiger partial charge in [-0.25, -0.2) is 0 Å². The fourth-order valence-electron chi connectivity index (χ4n) is 1.15. The van der Waals surface area contributed by atoms with E-state index in [9.17, 15) is 14.9 Å². The number of furan rings is 1. The molecule has 2 aromatic heterocycles. The van der Waals surface area contributed by atoms with E-state index < -0.39 is 10.8 Å². The Bertz CT molecular complexity index is 572. The normalized spacial score (nSPS) is 10.2. The lowest BCUT2D eigenvalue weighted by atomic mass is 10.6. The first-order valence-electron chi connectivity index (χ1n) is 4.51. The Labute approximate surface area is 94.2 Å². The van der Waals surface area contributed by atoms with E-state index in [1.165, 1.54) is 29.9 Å². The Hall–Kier alpha value is -2.71. The van der Waals surface area contributed by atoms with Gasteiger partial charge in [-0.15, -0.1) is 5.10 Å². The fraction of sp³-hybridized carbons (Fsp3) is 0.125. The maximum absolute atomic E-state index is 10.8. The van der Waals surface area contributed by atoms with E-state index in [1.807, 2.05) is 0 Å². The first kappa shape index (κ1) is 10.8. The zero-order valence-corrected chi connectivity index (χ0v) is 8.65. The van der Waals surface area contributed by atoms with Crippen molar-refractivity contribution in [2.24, 2.45) is 0 Å². The van der Waals surface area contributed by atoms with Gasteiger partial charge in [-0.2, -0.15) is 4.68 Å². The molecular weight excluding hydrogens is 230 g/mol. The number of nitro groups is 1. The second kappa shape index (κ2) is 4.04. The number of nitrogens with one attached hydrogen (secondary N) is 1. The number of hydrogen-bond donors (Lipinski definition) is 1. The van der Waals surface area contributed by atoms with Crippen molar-refractivity contribution in [1.29, 1.82) is 0 Å². The van der Waals surface area contributed by atoms with Crippen LogP contribution in [0.15, 0.2) is 22.7 Å². The molecule has 0 fully saturated rings. The average molecular weight is 237 g/mol. The van der Waals surface area contributed by atoms with Crippen LogP contribution in [0, 0.1) is 10.1 Å². The van der Waals surface area contributed by atoms with Crippen LogP contribution in [0.4, 0.5) is 11.7 Å². The zero-order valence-electron chi connectivity index (χ0n) is 8.65. The molecule has 0 unspecified atom stereocenters. The highest BCUT2D eigenvalue weighted by atomic mass is 16.6. The molecule has 17 heavy (non-hydrogen) atoms. The number of hydrogen-bond acceptors (Lipinski definition) is 6. The van der Waals surface area contributed by atoms with Gasteiger partial charge in [0.2, 0.25) is 11.8 Å². The van der Waals surface area contributed by atoms with Gasteiger partial charge in [0.1, 0.15) is 4.92 Å². The van der Waals surface area contributed by atoms with Gasteiger partial charge < -0.3 is 9.73 Å². The minimum atomic E-state index is -0.658. The molecule has 0 aliphatic rings. The lowest BCUT2D eigenvalue weighted by Gasteiger charge is -1.92. The molecule has 0 aliphatic carbocycles. The minimum absolute atomic E-state index is 0.140. The van der Waals surface area contributed by atoms with E-state index in [0.717, 1.165) is 0 Å². The van der Waals surface area contributed by atoms with Crippen LogP contribution >= 0.6 is 0 Å². The summed E-state index contributed by atoms with van der Waals surface area (Å²) in [6.07, 6.45) is 1.38. The van der Waals surface area contributed by atoms with Gasteiger partial charge >= 0.3 is 5.88 Å². The zero-order chi connectivity index (χ0) is 12.4. The summed E-state index contributed by atoms with van der Waals surface area (Å²) in [6.45, 7) is 1.33. The molecule has 0 saturated heterocycles. The van der Waals surface area contributed by atoms with Gasteiger partial charge in [0.05, 0.1) is 12.3 Å². The van der Waals surface area contributed by atoms with Crippen LogP contribution in [-0.2, 0) is 4.79 Å². The molecule has 2 rings (SSSR count). The number of rotatable bonds is 3. The monoisotopic (exact) mass is 237 g/mol. The maximum atomic E-state index is 10.8. The Morgan fingerprint density at radius 1 is 1.59 bits per heavy atom. The van der Waals surface area contributed by atoms with Crippen LogP contribution in [0.2, 0.25) is 0 Å². The van der Waals surface area contributed by atoms with Gasteiger partial charge in [0.15, 0.2) is 5.82 Å². The van der Waals surface area contributed by atoms with Crippen molar-refractivity contribution in [2.75, 3.05) is 5.32 Å². The number of carbonyl (C=O) groups is 1. The number of anilines is 1. The van der Waals surface area contributed by atoms with Crippen LogP contribution in [0.25, 0.3) is 5.88 Å². The molecule has 0 spiro atoms. The molecule has 2 heterocycles. The molecule has 2 aromatic rings. The van der Waals surface area contributed by atoms with Crippen molar-refractivity contribution in [1.82, 2.24) is 15.0 Å². The van der Waals surface area contributed by atoms with E-state index in [1.54, 1.807) is 0 Å². The van der Waals surface area contributed by atoms with Gasteiger partial charge in [0.25, 0.3) is 0 Å². The van der Waals surface area contributed by atoms with Crippen molar-refractivity contribution in [3.8, 4) is 5.88 Å². The molecule has 88 valence electrons. The number of carbonyl (C=O) groups excluding carboxylic acids is 1. The first-order chi connectivity index (χ1) is 8.06. The summed E-state index contributed by atoms with van der Waals surface area (Å²) in [6, 6.07) is 2.58. The molecule has 0 aromatic carbocycles. The van der Waals surface area contributed by atoms with Crippen LogP contribution in [0.3, 0.4) is 0 Å². The second-order valence-electron chi connectivity index (χ2n) is 3.10. The van der Waals surface area contributed by atoms with Gasteiger partial charge in [-0.3, -0.25) is 14.9 Å². The quantitative estimate of drug-likeness (QED) is 0.621. The minimum Gasteiger partial charge on any atom is -0.382 e.